The summed E-state index contributed by atoms with van der Waals surface area (Å²) in [6.07, 6.45) is 2.42. The summed E-state index contributed by atoms with van der Waals surface area (Å²) >= 11 is 0. The second kappa shape index (κ2) is 7.20. The molecule has 0 nitrogen and oxygen atoms in total. The summed E-state index contributed by atoms with van der Waals surface area (Å²) in [6, 6.07) is 11.0. The van der Waals surface area contributed by atoms with E-state index in [4.69, 9.17) is 0 Å². The van der Waals surface area contributed by atoms with Crippen LogP contribution in [0.25, 0.3) is 0 Å². The molecule has 0 aliphatic carbocycles. The topological polar surface area (TPSA) is 0 Å². The number of rotatable bonds is 6. The smallest absolute Gasteiger partial charge is 0.0758 e. The second-order valence-corrected chi connectivity index (χ2v) is 14.5. The lowest BCUT2D eigenvalue weighted by Gasteiger charge is -2.16. The number of allylic oxidation sites excluding steroid dienone is 1. The van der Waals surface area contributed by atoms with Crippen molar-refractivity contribution >= 4 is 19.0 Å². The standard InChI is InChI=1S/C16H27SSi/c1-15(2)11-12-17(14-18(3,4)5)13-16-9-7-6-8-10-16/h6-11H,12-14H2,1-5H3/q+1. The normalized spacial score (nSPS) is 13.2. The molecule has 0 spiro atoms. The third kappa shape index (κ3) is 7.07. The first-order valence-corrected chi connectivity index (χ1v) is 12.1. The average Bonchev–Trinajstić information content (AvgIpc) is 2.25. The van der Waals surface area contributed by atoms with E-state index in [9.17, 15) is 0 Å². The fourth-order valence-corrected chi connectivity index (χ4v) is 9.01. The van der Waals surface area contributed by atoms with E-state index in [1.165, 1.54) is 28.0 Å². The Morgan fingerprint density at radius 2 is 1.72 bits per heavy atom. The monoisotopic (exact) mass is 279 g/mol. The lowest BCUT2D eigenvalue weighted by atomic mass is 10.2. The summed E-state index contributed by atoms with van der Waals surface area (Å²) in [5.74, 6) is 2.52. The van der Waals surface area contributed by atoms with Gasteiger partial charge in [-0.15, -0.1) is 0 Å². The van der Waals surface area contributed by atoms with Crippen molar-refractivity contribution in [2.75, 3.05) is 11.1 Å². The molecule has 18 heavy (non-hydrogen) atoms. The molecule has 1 rings (SSSR count). The van der Waals surface area contributed by atoms with Crippen molar-refractivity contribution < 1.29 is 0 Å². The SMILES string of the molecule is CC(C)=CC[S+](Cc1ccccc1)C[Si](C)(C)C. The maximum absolute atomic E-state index is 2.49. The lowest BCUT2D eigenvalue weighted by Crippen LogP contribution is -2.34. The zero-order valence-corrected chi connectivity index (χ0v) is 14.3. The highest BCUT2D eigenvalue weighted by atomic mass is 32.2. The molecule has 0 aromatic heterocycles. The van der Waals surface area contributed by atoms with Crippen LogP contribution >= 0.6 is 0 Å². The van der Waals surface area contributed by atoms with Crippen LogP contribution in [0.1, 0.15) is 19.4 Å². The maximum Gasteiger partial charge on any atom is 0.133 e. The third-order valence-corrected chi connectivity index (χ3v) is 9.05. The Bertz CT molecular complexity index is 372. The van der Waals surface area contributed by atoms with Gasteiger partial charge in [0.2, 0.25) is 0 Å². The van der Waals surface area contributed by atoms with E-state index in [0.717, 1.165) is 0 Å². The fourth-order valence-electron chi connectivity index (χ4n) is 1.88. The van der Waals surface area contributed by atoms with E-state index < -0.39 is 8.07 Å². The van der Waals surface area contributed by atoms with E-state index in [0.29, 0.717) is 10.9 Å². The molecule has 0 amide bonds. The van der Waals surface area contributed by atoms with E-state index in [-0.39, 0.29) is 0 Å². The quantitative estimate of drug-likeness (QED) is 0.404. The molecule has 0 heterocycles. The van der Waals surface area contributed by atoms with Gasteiger partial charge in [-0.05, 0) is 30.8 Å². The molecule has 0 saturated carbocycles. The largest absolute Gasteiger partial charge is 0.133 e. The summed E-state index contributed by atoms with van der Waals surface area (Å²) in [4.78, 5) is 0. The van der Waals surface area contributed by atoms with Crippen LogP contribution in [0.2, 0.25) is 19.6 Å². The van der Waals surface area contributed by atoms with Gasteiger partial charge in [0.1, 0.15) is 19.6 Å². The zero-order valence-electron chi connectivity index (χ0n) is 12.5. The van der Waals surface area contributed by atoms with Gasteiger partial charge in [0.25, 0.3) is 0 Å². The minimum atomic E-state index is -0.963. The molecule has 0 saturated heterocycles. The van der Waals surface area contributed by atoms with Gasteiger partial charge in [-0.25, -0.2) is 0 Å². The predicted molar refractivity (Wildman–Crippen MR) is 90.0 cm³/mol. The van der Waals surface area contributed by atoms with Gasteiger partial charge >= 0.3 is 0 Å². The Labute approximate surface area is 117 Å². The van der Waals surface area contributed by atoms with Crippen LogP contribution in [0, 0.1) is 0 Å². The van der Waals surface area contributed by atoms with Crippen molar-refractivity contribution in [1.29, 1.82) is 0 Å². The summed E-state index contributed by atoms with van der Waals surface area (Å²) in [6.45, 7) is 11.9. The van der Waals surface area contributed by atoms with Gasteiger partial charge in [-0.1, -0.05) is 55.5 Å². The molecule has 1 aromatic carbocycles. The summed E-state index contributed by atoms with van der Waals surface area (Å²) in [7, 11) is -0.443. The van der Waals surface area contributed by atoms with Gasteiger partial charge in [0, 0.05) is 5.56 Å². The first-order chi connectivity index (χ1) is 8.37. The van der Waals surface area contributed by atoms with Crippen LogP contribution in [0.3, 0.4) is 0 Å². The highest BCUT2D eigenvalue weighted by molar-refractivity contribution is 7.97. The van der Waals surface area contributed by atoms with Gasteiger partial charge in [0.05, 0.1) is 5.38 Å². The van der Waals surface area contributed by atoms with E-state index >= 15 is 0 Å². The molecule has 0 fully saturated rings. The molecule has 0 N–H and O–H groups in total. The molecule has 1 atom stereocenters. The summed E-state index contributed by atoms with van der Waals surface area (Å²) in [5, 5.41) is 1.45. The first-order valence-electron chi connectivity index (χ1n) is 6.68. The Morgan fingerprint density at radius 3 is 2.22 bits per heavy atom. The third-order valence-electron chi connectivity index (χ3n) is 2.58. The van der Waals surface area contributed by atoms with Crippen molar-refractivity contribution in [3.8, 4) is 0 Å². The van der Waals surface area contributed by atoms with Crippen molar-refractivity contribution in [3.05, 3.63) is 47.5 Å². The Balaban J connectivity index is 2.68. The van der Waals surface area contributed by atoms with Crippen molar-refractivity contribution in [3.63, 3.8) is 0 Å². The van der Waals surface area contributed by atoms with Crippen LogP contribution in [0.15, 0.2) is 42.0 Å². The number of hydrogen-bond acceptors (Lipinski definition) is 0. The fraction of sp³-hybridized carbons (Fsp3) is 0.500. The molecule has 1 aromatic rings. The minimum Gasteiger partial charge on any atom is -0.0758 e. The van der Waals surface area contributed by atoms with Crippen molar-refractivity contribution in [2.24, 2.45) is 0 Å². The van der Waals surface area contributed by atoms with E-state index in [2.05, 4.69) is 69.9 Å². The van der Waals surface area contributed by atoms with Crippen molar-refractivity contribution in [2.45, 2.75) is 39.2 Å². The van der Waals surface area contributed by atoms with Gasteiger partial charge < -0.3 is 0 Å². The molecule has 2 heteroatoms. The predicted octanol–water partition coefficient (Wildman–Crippen LogP) is 4.65. The van der Waals surface area contributed by atoms with Crippen molar-refractivity contribution in [1.82, 2.24) is 0 Å². The molecule has 100 valence electrons. The minimum absolute atomic E-state index is 0.520. The molecule has 1 unspecified atom stereocenters. The Hall–Kier alpha value is -0.473. The second-order valence-electron chi connectivity index (χ2n) is 6.40. The zero-order chi connectivity index (χ0) is 13.6. The van der Waals surface area contributed by atoms with Crippen LogP contribution in [0.4, 0.5) is 0 Å². The first kappa shape index (κ1) is 15.6. The highest BCUT2D eigenvalue weighted by Crippen LogP contribution is 2.15. The summed E-state index contributed by atoms with van der Waals surface area (Å²) < 4.78 is 0. The molecular formula is C16H27SSi+. The molecule has 0 aliphatic heterocycles. The maximum atomic E-state index is 2.49. The van der Waals surface area contributed by atoms with Crippen LogP contribution in [-0.4, -0.2) is 19.2 Å². The highest BCUT2D eigenvalue weighted by Gasteiger charge is 2.27. The van der Waals surface area contributed by atoms with Gasteiger partial charge in [0.15, 0.2) is 0 Å². The van der Waals surface area contributed by atoms with Crippen LogP contribution < -0.4 is 0 Å². The van der Waals surface area contributed by atoms with E-state index in [1.54, 1.807) is 0 Å². The number of benzene rings is 1. The van der Waals surface area contributed by atoms with E-state index in [1.807, 2.05) is 0 Å². The lowest BCUT2D eigenvalue weighted by molar-refractivity contribution is 1.34. The Morgan fingerprint density at radius 1 is 1.11 bits per heavy atom. The molecule has 0 bridgehead atoms. The molecular weight excluding hydrogens is 252 g/mol. The number of hydrogen-bond donors (Lipinski definition) is 0. The van der Waals surface area contributed by atoms with Gasteiger partial charge in [-0.2, -0.15) is 0 Å². The van der Waals surface area contributed by atoms with Crippen LogP contribution in [0.5, 0.6) is 0 Å². The Kier molecular flexibility index (Phi) is 6.23. The summed E-state index contributed by atoms with van der Waals surface area (Å²) in [5.41, 5.74) is 2.96. The molecule has 0 aliphatic rings. The average molecular weight is 280 g/mol. The van der Waals surface area contributed by atoms with Crippen LogP contribution in [-0.2, 0) is 16.6 Å². The molecule has 0 radical (unpaired) electrons. The van der Waals surface area contributed by atoms with Gasteiger partial charge in [-0.3, -0.25) is 0 Å².